The molecule has 0 aromatic rings. The topological polar surface area (TPSA) is 49.4 Å². The van der Waals surface area contributed by atoms with Gasteiger partial charge in [-0.05, 0) is 31.7 Å². The van der Waals surface area contributed by atoms with Gasteiger partial charge in [0.2, 0.25) is 10.0 Å². The summed E-state index contributed by atoms with van der Waals surface area (Å²) in [6, 6.07) is 0. The second-order valence-corrected chi connectivity index (χ2v) is 7.46. The summed E-state index contributed by atoms with van der Waals surface area (Å²) < 4.78 is 25.9. The van der Waals surface area contributed by atoms with Gasteiger partial charge in [0.1, 0.15) is 0 Å². The lowest BCUT2D eigenvalue weighted by molar-refractivity contribution is 0.136. The van der Waals surface area contributed by atoms with Gasteiger partial charge in [-0.2, -0.15) is 0 Å². The zero-order chi connectivity index (χ0) is 12.3. The SMILES string of the molecule is CNCCS(=O)(=O)N1CCC2CCCCC2C1. The molecule has 0 aromatic carbocycles. The smallest absolute Gasteiger partial charge is 0.215 e. The minimum Gasteiger partial charge on any atom is -0.319 e. The van der Waals surface area contributed by atoms with Gasteiger partial charge in [-0.25, -0.2) is 12.7 Å². The summed E-state index contributed by atoms with van der Waals surface area (Å²) in [5.41, 5.74) is 0. The van der Waals surface area contributed by atoms with E-state index in [4.69, 9.17) is 0 Å². The Kier molecular flexibility index (Phi) is 4.44. The van der Waals surface area contributed by atoms with E-state index in [-0.39, 0.29) is 5.75 Å². The van der Waals surface area contributed by atoms with Crippen molar-refractivity contribution in [3.8, 4) is 0 Å². The Morgan fingerprint density at radius 2 is 1.88 bits per heavy atom. The van der Waals surface area contributed by atoms with Gasteiger partial charge in [0, 0.05) is 19.6 Å². The fourth-order valence-corrected chi connectivity index (χ4v) is 4.70. The van der Waals surface area contributed by atoms with E-state index >= 15 is 0 Å². The fraction of sp³-hybridized carbons (Fsp3) is 1.00. The molecule has 0 spiro atoms. The Bertz CT molecular complexity index is 342. The Hall–Kier alpha value is -0.130. The van der Waals surface area contributed by atoms with E-state index in [0.29, 0.717) is 12.5 Å². The standard InChI is InChI=1S/C12H24N2O2S/c1-13-7-9-17(15,16)14-8-6-11-4-2-3-5-12(11)10-14/h11-13H,2-10H2,1H3. The molecular formula is C12H24N2O2S. The molecule has 1 saturated heterocycles. The second kappa shape index (κ2) is 5.67. The number of fused-ring (bicyclic) bond motifs is 1. The van der Waals surface area contributed by atoms with Gasteiger partial charge >= 0.3 is 0 Å². The van der Waals surface area contributed by atoms with Crippen LogP contribution < -0.4 is 5.32 Å². The largest absolute Gasteiger partial charge is 0.319 e. The van der Waals surface area contributed by atoms with Gasteiger partial charge in [-0.1, -0.05) is 19.3 Å². The van der Waals surface area contributed by atoms with E-state index in [9.17, 15) is 8.42 Å². The molecule has 1 heterocycles. The maximum atomic E-state index is 12.1. The predicted molar refractivity (Wildman–Crippen MR) is 69.4 cm³/mol. The fourth-order valence-electron chi connectivity index (χ4n) is 3.18. The van der Waals surface area contributed by atoms with E-state index in [2.05, 4.69) is 5.32 Å². The van der Waals surface area contributed by atoms with Crippen LogP contribution in [0.2, 0.25) is 0 Å². The van der Waals surface area contributed by atoms with Crippen molar-refractivity contribution in [2.75, 3.05) is 32.4 Å². The summed E-state index contributed by atoms with van der Waals surface area (Å²) in [6.45, 7) is 2.07. The molecule has 2 atom stereocenters. The van der Waals surface area contributed by atoms with Crippen molar-refractivity contribution in [1.29, 1.82) is 0 Å². The third kappa shape index (κ3) is 3.20. The number of hydrogen-bond acceptors (Lipinski definition) is 3. The molecule has 1 aliphatic carbocycles. The summed E-state index contributed by atoms with van der Waals surface area (Å²) in [7, 11) is -1.23. The first kappa shape index (κ1) is 13.3. The number of hydrogen-bond donors (Lipinski definition) is 1. The van der Waals surface area contributed by atoms with Crippen LogP contribution in [0.5, 0.6) is 0 Å². The molecular weight excluding hydrogens is 236 g/mol. The first-order chi connectivity index (χ1) is 8.13. The third-order valence-electron chi connectivity index (χ3n) is 4.26. The van der Waals surface area contributed by atoms with E-state index in [1.54, 1.807) is 11.4 Å². The summed E-state index contributed by atoms with van der Waals surface area (Å²) in [6.07, 6.45) is 6.24. The van der Waals surface area contributed by atoms with Crippen LogP contribution in [0, 0.1) is 11.8 Å². The summed E-state index contributed by atoms with van der Waals surface area (Å²) in [4.78, 5) is 0. The third-order valence-corrected chi connectivity index (χ3v) is 6.10. The van der Waals surface area contributed by atoms with Crippen LogP contribution >= 0.6 is 0 Å². The maximum Gasteiger partial charge on any atom is 0.215 e. The van der Waals surface area contributed by atoms with Crippen molar-refractivity contribution in [2.24, 2.45) is 11.8 Å². The predicted octanol–water partition coefficient (Wildman–Crippen LogP) is 1.05. The monoisotopic (exact) mass is 260 g/mol. The van der Waals surface area contributed by atoms with Crippen molar-refractivity contribution in [3.63, 3.8) is 0 Å². The Morgan fingerprint density at radius 3 is 2.59 bits per heavy atom. The molecule has 2 fully saturated rings. The molecule has 2 rings (SSSR count). The molecule has 1 saturated carbocycles. The molecule has 1 aliphatic heterocycles. The first-order valence-corrected chi connectivity index (χ1v) is 8.37. The molecule has 100 valence electrons. The molecule has 1 N–H and O–H groups in total. The molecule has 0 bridgehead atoms. The van der Waals surface area contributed by atoms with Crippen LogP contribution in [0.15, 0.2) is 0 Å². The normalized spacial score (nSPS) is 31.1. The van der Waals surface area contributed by atoms with E-state index in [1.165, 1.54) is 25.7 Å². The van der Waals surface area contributed by atoms with E-state index in [0.717, 1.165) is 25.4 Å². The van der Waals surface area contributed by atoms with Crippen LogP contribution in [0.25, 0.3) is 0 Å². The quantitative estimate of drug-likeness (QED) is 0.822. The molecule has 0 aromatic heterocycles. The van der Waals surface area contributed by atoms with Crippen molar-refractivity contribution in [2.45, 2.75) is 32.1 Å². The van der Waals surface area contributed by atoms with Crippen LogP contribution in [0.3, 0.4) is 0 Å². The van der Waals surface area contributed by atoms with Gasteiger partial charge < -0.3 is 5.32 Å². The molecule has 17 heavy (non-hydrogen) atoms. The Labute approximate surface area is 105 Å². The average molecular weight is 260 g/mol. The lowest BCUT2D eigenvalue weighted by Gasteiger charge is -2.40. The van der Waals surface area contributed by atoms with E-state index < -0.39 is 10.0 Å². The number of nitrogens with one attached hydrogen (secondary N) is 1. The minimum atomic E-state index is -3.03. The van der Waals surface area contributed by atoms with Crippen molar-refractivity contribution in [1.82, 2.24) is 9.62 Å². The van der Waals surface area contributed by atoms with Gasteiger partial charge in [-0.3, -0.25) is 0 Å². The molecule has 0 radical (unpaired) electrons. The van der Waals surface area contributed by atoms with Gasteiger partial charge in [0.25, 0.3) is 0 Å². The van der Waals surface area contributed by atoms with Gasteiger partial charge in [-0.15, -0.1) is 0 Å². The van der Waals surface area contributed by atoms with Crippen molar-refractivity contribution in [3.05, 3.63) is 0 Å². The molecule has 2 aliphatic rings. The van der Waals surface area contributed by atoms with Gasteiger partial charge in [0.05, 0.1) is 5.75 Å². The number of rotatable bonds is 4. The molecule has 5 heteroatoms. The summed E-state index contributed by atoms with van der Waals surface area (Å²) >= 11 is 0. The maximum absolute atomic E-state index is 12.1. The van der Waals surface area contributed by atoms with Gasteiger partial charge in [0.15, 0.2) is 0 Å². The number of sulfonamides is 1. The molecule has 0 amide bonds. The first-order valence-electron chi connectivity index (χ1n) is 6.76. The highest BCUT2D eigenvalue weighted by Crippen LogP contribution is 2.36. The Morgan fingerprint density at radius 1 is 1.18 bits per heavy atom. The zero-order valence-electron chi connectivity index (χ0n) is 10.7. The highest BCUT2D eigenvalue weighted by molar-refractivity contribution is 7.89. The summed E-state index contributed by atoms with van der Waals surface area (Å²) in [5, 5.41) is 2.91. The van der Waals surface area contributed by atoms with Crippen LogP contribution in [-0.2, 0) is 10.0 Å². The second-order valence-electron chi connectivity index (χ2n) is 5.37. The lowest BCUT2D eigenvalue weighted by Crippen LogP contribution is -2.46. The lowest BCUT2D eigenvalue weighted by atomic mass is 9.76. The highest BCUT2D eigenvalue weighted by Gasteiger charge is 2.35. The van der Waals surface area contributed by atoms with Crippen molar-refractivity contribution < 1.29 is 8.42 Å². The zero-order valence-corrected chi connectivity index (χ0v) is 11.5. The van der Waals surface area contributed by atoms with Crippen molar-refractivity contribution >= 4 is 10.0 Å². The average Bonchev–Trinajstić information content (AvgIpc) is 2.36. The molecule has 2 unspecified atom stereocenters. The number of nitrogens with zero attached hydrogens (tertiary/aromatic N) is 1. The Balaban J connectivity index is 1.94. The highest BCUT2D eigenvalue weighted by atomic mass is 32.2. The van der Waals surface area contributed by atoms with Crippen LogP contribution in [0.1, 0.15) is 32.1 Å². The van der Waals surface area contributed by atoms with E-state index in [1.807, 2.05) is 0 Å². The molecule has 4 nitrogen and oxygen atoms in total. The number of piperidine rings is 1. The minimum absolute atomic E-state index is 0.237. The summed E-state index contributed by atoms with van der Waals surface area (Å²) in [5.74, 6) is 1.65. The van der Waals surface area contributed by atoms with Crippen LogP contribution in [-0.4, -0.2) is 45.2 Å². The van der Waals surface area contributed by atoms with Crippen LogP contribution in [0.4, 0.5) is 0 Å².